The molecule has 4 heterocycles. The molecule has 0 fully saturated rings. The van der Waals surface area contributed by atoms with Crippen LogP contribution in [0.4, 0.5) is 10.3 Å². The highest BCUT2D eigenvalue weighted by atomic mass is 19.1. The molecule has 0 amide bonds. The van der Waals surface area contributed by atoms with Crippen LogP contribution in [0, 0.1) is 12.7 Å². The zero-order chi connectivity index (χ0) is 16.8. The van der Waals surface area contributed by atoms with Crippen LogP contribution in [-0.2, 0) is 0 Å². The number of nitrogens with one attached hydrogen (secondary N) is 2. The molecule has 0 aromatic carbocycles. The summed E-state index contributed by atoms with van der Waals surface area (Å²) in [6.45, 7) is 5.90. The molecule has 0 unspecified atom stereocenters. The maximum Gasteiger partial charge on any atom is 0.224 e. The van der Waals surface area contributed by atoms with Gasteiger partial charge in [-0.05, 0) is 26.8 Å². The Bertz CT molecular complexity index is 1050. The molecule has 24 heavy (non-hydrogen) atoms. The molecule has 0 radical (unpaired) electrons. The zero-order valence-corrected chi connectivity index (χ0v) is 13.6. The Labute approximate surface area is 137 Å². The van der Waals surface area contributed by atoms with Gasteiger partial charge in [-0.25, -0.2) is 14.4 Å². The lowest BCUT2D eigenvalue weighted by atomic mass is 10.1. The molecule has 4 aromatic heterocycles. The molecule has 0 saturated heterocycles. The molecular weight excluding hydrogens is 307 g/mol. The molecule has 122 valence electrons. The van der Waals surface area contributed by atoms with Crippen LogP contribution in [-0.4, -0.2) is 30.4 Å². The number of H-pyrrole nitrogens is 1. The fourth-order valence-electron chi connectivity index (χ4n) is 2.80. The van der Waals surface area contributed by atoms with Crippen molar-refractivity contribution in [1.82, 2.24) is 24.3 Å². The number of aromatic amines is 1. The lowest BCUT2D eigenvalue weighted by Crippen LogP contribution is -2.12. The average molecular weight is 324 g/mol. The van der Waals surface area contributed by atoms with Crippen molar-refractivity contribution < 1.29 is 4.39 Å². The molecule has 0 bridgehead atoms. The number of imidazole rings is 1. The molecule has 0 spiro atoms. The lowest BCUT2D eigenvalue weighted by Gasteiger charge is -2.07. The largest absolute Gasteiger partial charge is 0.352 e. The van der Waals surface area contributed by atoms with Crippen LogP contribution < -0.4 is 5.32 Å². The molecule has 0 saturated carbocycles. The summed E-state index contributed by atoms with van der Waals surface area (Å²) in [5, 5.41) is 4.01. The van der Waals surface area contributed by atoms with Crippen molar-refractivity contribution in [1.29, 1.82) is 0 Å². The minimum Gasteiger partial charge on any atom is -0.352 e. The number of rotatable bonds is 3. The van der Waals surface area contributed by atoms with E-state index in [1.54, 1.807) is 16.8 Å². The van der Waals surface area contributed by atoms with Crippen molar-refractivity contribution in [2.24, 2.45) is 0 Å². The smallest absolute Gasteiger partial charge is 0.224 e. The number of halogens is 1. The van der Waals surface area contributed by atoms with Crippen molar-refractivity contribution in [2.45, 2.75) is 26.8 Å². The van der Waals surface area contributed by atoms with Gasteiger partial charge in [-0.15, -0.1) is 0 Å². The van der Waals surface area contributed by atoms with Crippen LogP contribution >= 0.6 is 0 Å². The van der Waals surface area contributed by atoms with Crippen molar-refractivity contribution in [3.8, 4) is 11.1 Å². The maximum atomic E-state index is 14.3. The van der Waals surface area contributed by atoms with Gasteiger partial charge in [0.2, 0.25) is 5.95 Å². The van der Waals surface area contributed by atoms with Crippen molar-refractivity contribution in [3.05, 3.63) is 42.4 Å². The normalized spacial score (nSPS) is 11.7. The van der Waals surface area contributed by atoms with Gasteiger partial charge in [0.25, 0.3) is 0 Å². The topological polar surface area (TPSA) is 70.9 Å². The number of pyridine rings is 1. The molecule has 4 rings (SSSR count). The summed E-state index contributed by atoms with van der Waals surface area (Å²) < 4.78 is 16.0. The average Bonchev–Trinajstić information content (AvgIpc) is 3.09. The van der Waals surface area contributed by atoms with Crippen LogP contribution in [0.3, 0.4) is 0 Å². The molecule has 0 atom stereocenters. The minimum atomic E-state index is -0.353. The third kappa shape index (κ3) is 2.38. The highest BCUT2D eigenvalue weighted by Gasteiger charge is 2.13. The van der Waals surface area contributed by atoms with Gasteiger partial charge in [-0.1, -0.05) is 0 Å². The van der Waals surface area contributed by atoms with Gasteiger partial charge in [0.1, 0.15) is 5.65 Å². The van der Waals surface area contributed by atoms with E-state index >= 15 is 0 Å². The number of aryl methyl sites for hydroxylation is 1. The fourth-order valence-corrected chi connectivity index (χ4v) is 2.80. The first-order valence-electron chi connectivity index (χ1n) is 7.77. The number of hydrogen-bond donors (Lipinski definition) is 2. The second-order valence-corrected chi connectivity index (χ2v) is 6.15. The van der Waals surface area contributed by atoms with E-state index in [9.17, 15) is 4.39 Å². The molecule has 0 aliphatic rings. The van der Waals surface area contributed by atoms with E-state index in [2.05, 4.69) is 25.3 Å². The van der Waals surface area contributed by atoms with E-state index in [0.29, 0.717) is 17.2 Å². The second kappa shape index (κ2) is 5.30. The van der Waals surface area contributed by atoms with Gasteiger partial charge in [0, 0.05) is 47.3 Å². The van der Waals surface area contributed by atoms with Crippen LogP contribution in [0.5, 0.6) is 0 Å². The summed E-state index contributed by atoms with van der Waals surface area (Å²) in [4.78, 5) is 16.1. The Kier molecular flexibility index (Phi) is 3.23. The van der Waals surface area contributed by atoms with Gasteiger partial charge in [-0.2, -0.15) is 4.98 Å². The SMILES string of the molecule is Cc1cn2cc(-c3c[nH]c4nc(NC(C)C)ncc34)cc(F)c2n1. The minimum absolute atomic E-state index is 0.248. The van der Waals surface area contributed by atoms with E-state index < -0.39 is 0 Å². The number of aromatic nitrogens is 5. The van der Waals surface area contributed by atoms with E-state index in [1.165, 1.54) is 6.07 Å². The predicted molar refractivity (Wildman–Crippen MR) is 91.5 cm³/mol. The molecular formula is C17H17FN6. The van der Waals surface area contributed by atoms with Gasteiger partial charge in [0.05, 0.1) is 5.69 Å². The Morgan fingerprint density at radius 1 is 1.25 bits per heavy atom. The van der Waals surface area contributed by atoms with Gasteiger partial charge in [0.15, 0.2) is 11.5 Å². The third-order valence-corrected chi connectivity index (χ3v) is 3.79. The molecule has 7 heteroatoms. The Hall–Kier alpha value is -2.96. The summed E-state index contributed by atoms with van der Waals surface area (Å²) in [7, 11) is 0. The van der Waals surface area contributed by atoms with Crippen molar-refractivity contribution in [2.75, 3.05) is 5.32 Å². The van der Waals surface area contributed by atoms with E-state index in [1.807, 2.05) is 33.2 Å². The number of anilines is 1. The molecule has 0 aliphatic heterocycles. The predicted octanol–water partition coefficient (Wildman–Crippen LogP) is 3.54. The first kappa shape index (κ1) is 14.6. The molecule has 2 N–H and O–H groups in total. The first-order valence-corrected chi connectivity index (χ1v) is 7.77. The Balaban J connectivity index is 1.84. The molecule has 6 nitrogen and oxygen atoms in total. The van der Waals surface area contributed by atoms with Crippen LogP contribution in [0.25, 0.3) is 27.8 Å². The van der Waals surface area contributed by atoms with Gasteiger partial charge < -0.3 is 14.7 Å². The summed E-state index contributed by atoms with van der Waals surface area (Å²) in [5.41, 5.74) is 3.42. The zero-order valence-electron chi connectivity index (χ0n) is 13.6. The van der Waals surface area contributed by atoms with E-state index in [-0.39, 0.29) is 11.9 Å². The Morgan fingerprint density at radius 3 is 2.88 bits per heavy atom. The lowest BCUT2D eigenvalue weighted by molar-refractivity contribution is 0.630. The molecule has 4 aromatic rings. The standard InChI is InChI=1S/C17H17FN6/c1-9(2)21-17-20-6-13-12(5-19-15(13)23-17)11-4-14(18)16-22-10(3)7-24(16)8-11/h4-9H,1-3H3,(H2,19,20,21,23). The van der Waals surface area contributed by atoms with Crippen molar-refractivity contribution in [3.63, 3.8) is 0 Å². The second-order valence-electron chi connectivity index (χ2n) is 6.15. The summed E-state index contributed by atoms with van der Waals surface area (Å²) >= 11 is 0. The van der Waals surface area contributed by atoms with Gasteiger partial charge >= 0.3 is 0 Å². The van der Waals surface area contributed by atoms with Gasteiger partial charge in [-0.3, -0.25) is 0 Å². The van der Waals surface area contributed by atoms with Crippen molar-refractivity contribution >= 4 is 22.6 Å². The highest BCUT2D eigenvalue weighted by Crippen LogP contribution is 2.29. The van der Waals surface area contributed by atoms with E-state index in [4.69, 9.17) is 0 Å². The summed E-state index contributed by atoms with van der Waals surface area (Å²) in [5.74, 6) is 0.215. The van der Waals surface area contributed by atoms with Crippen LogP contribution in [0.15, 0.2) is 30.9 Å². The highest BCUT2D eigenvalue weighted by molar-refractivity contribution is 5.93. The first-order chi connectivity index (χ1) is 11.5. The molecule has 0 aliphatic carbocycles. The third-order valence-electron chi connectivity index (χ3n) is 3.79. The summed E-state index contributed by atoms with van der Waals surface area (Å²) in [6, 6.07) is 1.74. The number of hydrogen-bond acceptors (Lipinski definition) is 4. The Morgan fingerprint density at radius 2 is 2.08 bits per heavy atom. The van der Waals surface area contributed by atoms with Crippen LogP contribution in [0.2, 0.25) is 0 Å². The monoisotopic (exact) mass is 324 g/mol. The quantitative estimate of drug-likeness (QED) is 0.605. The van der Waals surface area contributed by atoms with E-state index in [0.717, 1.165) is 22.2 Å². The van der Waals surface area contributed by atoms with Crippen LogP contribution in [0.1, 0.15) is 19.5 Å². The fraction of sp³-hybridized carbons (Fsp3) is 0.235. The summed E-state index contributed by atoms with van der Waals surface area (Å²) in [6.07, 6.45) is 7.24. The number of fused-ring (bicyclic) bond motifs is 2. The maximum absolute atomic E-state index is 14.3. The number of nitrogens with zero attached hydrogens (tertiary/aromatic N) is 4.